The van der Waals surface area contributed by atoms with Crippen molar-refractivity contribution in [2.75, 3.05) is 33.4 Å². The summed E-state index contributed by atoms with van der Waals surface area (Å²) in [5.74, 6) is 0.231. The molecule has 144 valence electrons. The minimum absolute atomic E-state index is 0.0205. The molecule has 2 aliphatic rings. The van der Waals surface area contributed by atoms with Gasteiger partial charge in [-0.1, -0.05) is 0 Å². The number of piperazine rings is 1. The van der Waals surface area contributed by atoms with Crippen molar-refractivity contribution in [1.82, 2.24) is 9.80 Å². The number of amides is 1. The van der Waals surface area contributed by atoms with E-state index in [0.717, 1.165) is 5.56 Å². The normalized spacial score (nSPS) is 20.5. The lowest BCUT2D eigenvalue weighted by Gasteiger charge is -2.40. The Hall–Kier alpha value is -1.54. The van der Waals surface area contributed by atoms with Crippen LogP contribution >= 0.6 is 15.9 Å². The summed E-state index contributed by atoms with van der Waals surface area (Å²) in [6, 6.07) is 1.78. The van der Waals surface area contributed by atoms with Gasteiger partial charge in [0, 0.05) is 31.7 Å². The number of halogens is 2. The predicted octanol–water partition coefficient (Wildman–Crippen LogP) is 3.41. The van der Waals surface area contributed by atoms with Gasteiger partial charge in [-0.2, -0.15) is 0 Å². The number of fused-ring (bicyclic) bond motifs is 2. The molecule has 2 aliphatic heterocycles. The zero-order valence-corrected chi connectivity index (χ0v) is 17.1. The van der Waals surface area contributed by atoms with Gasteiger partial charge in [0.2, 0.25) is 0 Å². The highest BCUT2D eigenvalue weighted by molar-refractivity contribution is 9.10. The molecular formula is C18H24BrFN2O4. The zero-order chi connectivity index (χ0) is 19.1. The van der Waals surface area contributed by atoms with Crippen LogP contribution in [0.1, 0.15) is 26.3 Å². The maximum Gasteiger partial charge on any atom is 0.410 e. The van der Waals surface area contributed by atoms with Crippen LogP contribution in [0.4, 0.5) is 9.18 Å². The standard InChI is InChI=1S/C18H24BrFN2O4/c1-18(2,3)26-17(23)22-6-5-21-8-11-7-13(24-4)14(19)15(20)16(11)25-10-12(21)9-22/h7,12H,5-6,8-10H2,1-4H3/t12-/m1/s1. The number of nitrogens with zero attached hydrogens (tertiary/aromatic N) is 2. The Morgan fingerprint density at radius 1 is 1.38 bits per heavy atom. The quantitative estimate of drug-likeness (QED) is 0.683. The first-order valence-electron chi connectivity index (χ1n) is 8.59. The topological polar surface area (TPSA) is 51.2 Å². The third-order valence-corrected chi connectivity index (χ3v) is 5.21. The van der Waals surface area contributed by atoms with Crippen LogP contribution in [-0.4, -0.2) is 60.9 Å². The summed E-state index contributed by atoms with van der Waals surface area (Å²) in [6.45, 7) is 8.12. The molecule has 0 saturated carbocycles. The first-order valence-corrected chi connectivity index (χ1v) is 9.38. The lowest BCUT2D eigenvalue weighted by Crippen LogP contribution is -2.56. The maximum atomic E-state index is 14.6. The summed E-state index contributed by atoms with van der Waals surface area (Å²) in [7, 11) is 1.51. The number of carbonyl (C=O) groups is 1. The predicted molar refractivity (Wildman–Crippen MR) is 98.2 cm³/mol. The third kappa shape index (κ3) is 3.91. The molecule has 0 aliphatic carbocycles. The van der Waals surface area contributed by atoms with Crippen molar-refractivity contribution < 1.29 is 23.4 Å². The number of hydrogen-bond acceptors (Lipinski definition) is 5. The lowest BCUT2D eigenvalue weighted by atomic mass is 10.1. The largest absolute Gasteiger partial charge is 0.495 e. The maximum absolute atomic E-state index is 14.6. The molecule has 2 heterocycles. The Balaban J connectivity index is 1.76. The van der Waals surface area contributed by atoms with Crippen molar-refractivity contribution in [1.29, 1.82) is 0 Å². The number of rotatable bonds is 1. The molecule has 26 heavy (non-hydrogen) atoms. The summed E-state index contributed by atoms with van der Waals surface area (Å²) < 4.78 is 31.4. The van der Waals surface area contributed by atoms with Gasteiger partial charge in [0.25, 0.3) is 0 Å². The van der Waals surface area contributed by atoms with Crippen molar-refractivity contribution in [3.8, 4) is 11.5 Å². The highest BCUT2D eigenvalue weighted by Crippen LogP contribution is 2.39. The van der Waals surface area contributed by atoms with Crippen LogP contribution in [0.2, 0.25) is 0 Å². The SMILES string of the molecule is COc1cc2c(c(F)c1Br)OC[C@H]1CN(C(=O)OC(C)(C)C)CCN1C2. The van der Waals surface area contributed by atoms with E-state index in [1.807, 2.05) is 20.8 Å². The van der Waals surface area contributed by atoms with Crippen LogP contribution in [0.3, 0.4) is 0 Å². The van der Waals surface area contributed by atoms with Gasteiger partial charge in [-0.3, -0.25) is 4.90 Å². The van der Waals surface area contributed by atoms with Crippen molar-refractivity contribution >= 4 is 22.0 Å². The summed E-state index contributed by atoms with van der Waals surface area (Å²) in [6.07, 6.45) is -0.325. The molecule has 0 N–H and O–H groups in total. The number of methoxy groups -OCH3 is 1. The Kier molecular flexibility index (Phi) is 5.35. The highest BCUT2D eigenvalue weighted by atomic mass is 79.9. The van der Waals surface area contributed by atoms with Crippen LogP contribution in [0.15, 0.2) is 10.5 Å². The fraction of sp³-hybridized carbons (Fsp3) is 0.611. The van der Waals surface area contributed by atoms with Gasteiger partial charge in [0.15, 0.2) is 11.6 Å². The van der Waals surface area contributed by atoms with Crippen LogP contribution in [0, 0.1) is 5.82 Å². The number of benzene rings is 1. The average Bonchev–Trinajstić information content (AvgIpc) is 2.75. The van der Waals surface area contributed by atoms with Crippen molar-refractivity contribution in [2.24, 2.45) is 0 Å². The van der Waals surface area contributed by atoms with E-state index < -0.39 is 11.4 Å². The molecule has 1 aromatic rings. The smallest absolute Gasteiger partial charge is 0.410 e. The Bertz CT molecular complexity index is 707. The summed E-state index contributed by atoms with van der Waals surface area (Å²) in [4.78, 5) is 16.2. The molecule has 1 amide bonds. The summed E-state index contributed by atoms with van der Waals surface area (Å²) >= 11 is 3.22. The lowest BCUT2D eigenvalue weighted by molar-refractivity contribution is -0.00164. The Morgan fingerprint density at radius 2 is 2.12 bits per heavy atom. The summed E-state index contributed by atoms with van der Waals surface area (Å²) in [5, 5.41) is 0. The number of carbonyl (C=O) groups excluding carboxylic acids is 1. The first-order chi connectivity index (χ1) is 12.2. The van der Waals surface area contributed by atoms with E-state index in [-0.39, 0.29) is 22.4 Å². The second-order valence-electron chi connectivity index (χ2n) is 7.56. The van der Waals surface area contributed by atoms with E-state index in [4.69, 9.17) is 14.2 Å². The molecule has 1 atom stereocenters. The van der Waals surface area contributed by atoms with Gasteiger partial charge in [0.05, 0.1) is 17.6 Å². The van der Waals surface area contributed by atoms with Crippen molar-refractivity contribution in [3.05, 3.63) is 21.9 Å². The van der Waals surface area contributed by atoms with Gasteiger partial charge in [0.1, 0.15) is 18.0 Å². The second kappa shape index (κ2) is 7.23. The number of ether oxygens (including phenoxy) is 3. The van der Waals surface area contributed by atoms with Gasteiger partial charge < -0.3 is 19.1 Å². The molecule has 0 aromatic heterocycles. The molecule has 8 heteroatoms. The van der Waals surface area contributed by atoms with Crippen LogP contribution in [0.25, 0.3) is 0 Å². The minimum atomic E-state index is -0.531. The van der Waals surface area contributed by atoms with Crippen LogP contribution in [-0.2, 0) is 11.3 Å². The van der Waals surface area contributed by atoms with E-state index in [1.165, 1.54) is 7.11 Å². The Morgan fingerprint density at radius 3 is 2.77 bits per heavy atom. The zero-order valence-electron chi connectivity index (χ0n) is 15.5. The van der Waals surface area contributed by atoms with Gasteiger partial charge >= 0.3 is 6.09 Å². The molecule has 1 saturated heterocycles. The van der Waals surface area contributed by atoms with Gasteiger partial charge in [-0.05, 0) is 42.8 Å². The van der Waals surface area contributed by atoms with Crippen LogP contribution in [0.5, 0.6) is 11.5 Å². The average molecular weight is 431 g/mol. The highest BCUT2D eigenvalue weighted by Gasteiger charge is 2.35. The minimum Gasteiger partial charge on any atom is -0.495 e. The first kappa shape index (κ1) is 19.2. The van der Waals surface area contributed by atoms with Crippen molar-refractivity contribution in [2.45, 2.75) is 39.0 Å². The third-order valence-electron chi connectivity index (χ3n) is 4.48. The van der Waals surface area contributed by atoms with E-state index in [2.05, 4.69) is 20.8 Å². The fourth-order valence-corrected chi connectivity index (χ4v) is 3.66. The number of hydrogen-bond donors (Lipinski definition) is 0. The molecule has 3 rings (SSSR count). The molecule has 0 bridgehead atoms. The molecule has 0 spiro atoms. The van der Waals surface area contributed by atoms with E-state index >= 15 is 0 Å². The van der Waals surface area contributed by atoms with Crippen LogP contribution < -0.4 is 9.47 Å². The molecule has 1 aromatic carbocycles. The molecular weight excluding hydrogens is 407 g/mol. The Labute approximate surface area is 161 Å². The molecule has 0 unspecified atom stereocenters. The van der Waals surface area contributed by atoms with Gasteiger partial charge in [-0.25, -0.2) is 9.18 Å². The molecule has 6 nitrogen and oxygen atoms in total. The van der Waals surface area contributed by atoms with E-state index in [0.29, 0.717) is 38.5 Å². The second-order valence-corrected chi connectivity index (χ2v) is 8.35. The molecule has 1 fully saturated rings. The summed E-state index contributed by atoms with van der Waals surface area (Å²) in [5.41, 5.74) is 0.215. The van der Waals surface area contributed by atoms with E-state index in [1.54, 1.807) is 11.0 Å². The van der Waals surface area contributed by atoms with E-state index in [9.17, 15) is 9.18 Å². The fourth-order valence-electron chi connectivity index (χ4n) is 3.21. The monoisotopic (exact) mass is 430 g/mol. The van der Waals surface area contributed by atoms with Crippen molar-refractivity contribution in [3.63, 3.8) is 0 Å². The molecule has 0 radical (unpaired) electrons. The van der Waals surface area contributed by atoms with Gasteiger partial charge in [-0.15, -0.1) is 0 Å².